The fourth-order valence-electron chi connectivity index (χ4n) is 2.78. The van der Waals surface area contributed by atoms with E-state index < -0.39 is 5.91 Å². The molecule has 0 atom stereocenters. The molecule has 0 aliphatic rings. The number of anilines is 2. The summed E-state index contributed by atoms with van der Waals surface area (Å²) < 4.78 is 0. The third kappa shape index (κ3) is 5.09. The average molecular weight is 398 g/mol. The van der Waals surface area contributed by atoms with Gasteiger partial charge in [-0.3, -0.25) is 14.6 Å². The molecule has 3 rings (SSSR count). The quantitative estimate of drug-likeness (QED) is 0.663. The number of carbonyl (C=O) groups is 2. The van der Waals surface area contributed by atoms with Crippen molar-refractivity contribution in [2.75, 3.05) is 10.6 Å². The van der Waals surface area contributed by atoms with Crippen LogP contribution in [-0.4, -0.2) is 16.8 Å². The van der Waals surface area contributed by atoms with Crippen molar-refractivity contribution in [2.45, 2.75) is 26.2 Å². The van der Waals surface area contributed by atoms with Crippen LogP contribution in [0.15, 0.2) is 67.0 Å². The molecule has 2 amide bonds. The number of nitrogens with zero attached hydrogens (tertiary/aromatic N) is 2. The lowest BCUT2D eigenvalue weighted by Crippen LogP contribution is -2.16. The Morgan fingerprint density at radius 3 is 1.73 bits per heavy atom. The zero-order valence-corrected chi connectivity index (χ0v) is 17.1. The summed E-state index contributed by atoms with van der Waals surface area (Å²) in [6.07, 6.45) is 2.81. The van der Waals surface area contributed by atoms with E-state index in [0.717, 1.165) is 0 Å². The van der Waals surface area contributed by atoms with E-state index in [-0.39, 0.29) is 22.4 Å². The minimum Gasteiger partial charge on any atom is -0.322 e. The summed E-state index contributed by atoms with van der Waals surface area (Å²) in [5.41, 5.74) is 3.46. The molecule has 0 aliphatic heterocycles. The third-order valence-corrected chi connectivity index (χ3v) is 4.54. The first-order chi connectivity index (χ1) is 14.3. The van der Waals surface area contributed by atoms with Gasteiger partial charge in [-0.1, -0.05) is 32.9 Å². The first-order valence-electron chi connectivity index (χ1n) is 9.45. The summed E-state index contributed by atoms with van der Waals surface area (Å²) in [5, 5.41) is 14.4. The number of hydrogen-bond donors (Lipinski definition) is 2. The minimum atomic E-state index is -0.392. The Labute approximate surface area is 175 Å². The van der Waals surface area contributed by atoms with Crippen molar-refractivity contribution >= 4 is 23.2 Å². The van der Waals surface area contributed by atoms with Crippen molar-refractivity contribution in [3.8, 4) is 6.07 Å². The van der Waals surface area contributed by atoms with Crippen LogP contribution >= 0.6 is 0 Å². The Balaban J connectivity index is 1.70. The number of amides is 2. The molecule has 150 valence electrons. The number of benzene rings is 2. The Hall–Kier alpha value is -3.98. The number of pyridine rings is 1. The predicted molar refractivity (Wildman–Crippen MR) is 116 cm³/mol. The van der Waals surface area contributed by atoms with E-state index in [9.17, 15) is 9.59 Å². The maximum absolute atomic E-state index is 12.6. The highest BCUT2D eigenvalue weighted by Crippen LogP contribution is 2.23. The van der Waals surface area contributed by atoms with E-state index in [0.29, 0.717) is 16.9 Å². The van der Waals surface area contributed by atoms with Crippen LogP contribution in [0.3, 0.4) is 0 Å². The molecule has 2 aromatic carbocycles. The van der Waals surface area contributed by atoms with E-state index in [2.05, 4.69) is 36.4 Å². The number of nitriles is 1. The maximum Gasteiger partial charge on any atom is 0.257 e. The average Bonchev–Trinajstić information content (AvgIpc) is 2.74. The summed E-state index contributed by atoms with van der Waals surface area (Å²) in [4.78, 5) is 29.1. The summed E-state index contributed by atoms with van der Waals surface area (Å²) in [5.74, 6) is -0.740. The monoisotopic (exact) mass is 398 g/mol. The second kappa shape index (κ2) is 8.58. The van der Waals surface area contributed by atoms with Gasteiger partial charge in [-0.2, -0.15) is 5.26 Å². The molecule has 30 heavy (non-hydrogen) atoms. The molecule has 1 heterocycles. The topological polar surface area (TPSA) is 94.9 Å². The number of aromatic nitrogens is 1. The molecular weight excluding hydrogens is 376 g/mol. The second-order valence-corrected chi connectivity index (χ2v) is 7.89. The molecule has 0 spiro atoms. The zero-order valence-electron chi connectivity index (χ0n) is 17.1. The molecule has 0 fully saturated rings. The second-order valence-electron chi connectivity index (χ2n) is 7.89. The zero-order chi connectivity index (χ0) is 21.7. The third-order valence-electron chi connectivity index (χ3n) is 4.54. The van der Waals surface area contributed by atoms with Crippen molar-refractivity contribution in [3.63, 3.8) is 0 Å². The van der Waals surface area contributed by atoms with E-state index in [1.165, 1.54) is 24.0 Å². The summed E-state index contributed by atoms with van der Waals surface area (Å²) in [7, 11) is 0. The summed E-state index contributed by atoms with van der Waals surface area (Å²) in [6, 6.07) is 17.7. The van der Waals surface area contributed by atoms with Crippen molar-refractivity contribution in [3.05, 3.63) is 89.2 Å². The van der Waals surface area contributed by atoms with E-state index in [1.54, 1.807) is 24.3 Å². The molecule has 2 N–H and O–H groups in total. The molecule has 6 heteroatoms. The first-order valence-corrected chi connectivity index (χ1v) is 9.45. The van der Waals surface area contributed by atoms with Gasteiger partial charge in [0.25, 0.3) is 11.8 Å². The van der Waals surface area contributed by atoms with Crippen LogP contribution in [0.25, 0.3) is 0 Å². The fraction of sp³-hybridized carbons (Fsp3) is 0.167. The van der Waals surface area contributed by atoms with E-state index in [4.69, 9.17) is 5.26 Å². The van der Waals surface area contributed by atoms with Crippen LogP contribution in [0.1, 0.15) is 52.6 Å². The Bertz CT molecular complexity index is 1110. The maximum atomic E-state index is 12.6. The number of rotatable bonds is 4. The normalized spacial score (nSPS) is 10.7. The number of carbonyl (C=O) groups excluding carboxylic acids is 2. The number of nitrogens with one attached hydrogen (secondary N) is 2. The van der Waals surface area contributed by atoms with E-state index in [1.807, 2.05) is 30.3 Å². The van der Waals surface area contributed by atoms with Gasteiger partial charge < -0.3 is 10.6 Å². The Kier molecular flexibility index (Phi) is 5.93. The molecule has 0 unspecified atom stereocenters. The fourth-order valence-corrected chi connectivity index (χ4v) is 2.78. The Morgan fingerprint density at radius 2 is 1.30 bits per heavy atom. The van der Waals surface area contributed by atoms with Gasteiger partial charge in [-0.15, -0.1) is 0 Å². The highest BCUT2D eigenvalue weighted by molar-refractivity contribution is 6.08. The molecule has 3 aromatic rings. The number of hydrogen-bond acceptors (Lipinski definition) is 4. The smallest absolute Gasteiger partial charge is 0.257 e. The predicted octanol–water partition coefficient (Wildman–Crippen LogP) is 4.76. The molecule has 0 radical (unpaired) electrons. The van der Waals surface area contributed by atoms with Gasteiger partial charge in [-0.05, 0) is 53.4 Å². The van der Waals surface area contributed by atoms with Gasteiger partial charge in [-0.25, -0.2) is 0 Å². The lowest BCUT2D eigenvalue weighted by atomic mass is 9.87. The first kappa shape index (κ1) is 20.7. The highest BCUT2D eigenvalue weighted by Gasteiger charge is 2.15. The molecular formula is C24H22N4O2. The van der Waals surface area contributed by atoms with Crippen LogP contribution in [-0.2, 0) is 5.41 Å². The summed E-state index contributed by atoms with van der Waals surface area (Å²) >= 11 is 0. The molecule has 0 saturated carbocycles. The molecule has 1 aromatic heterocycles. The van der Waals surface area contributed by atoms with Crippen LogP contribution in [0.5, 0.6) is 0 Å². The van der Waals surface area contributed by atoms with Crippen LogP contribution in [0.4, 0.5) is 11.4 Å². The van der Waals surface area contributed by atoms with Gasteiger partial charge in [0.2, 0.25) is 0 Å². The SMILES string of the molecule is CC(C)(C)c1ccc(NC(=O)c2cncc(C(=O)Nc3ccc(C#N)cc3)c2)cc1. The van der Waals surface area contributed by atoms with E-state index >= 15 is 0 Å². The van der Waals surface area contributed by atoms with Crippen LogP contribution < -0.4 is 10.6 Å². The molecule has 0 saturated heterocycles. The lowest BCUT2D eigenvalue weighted by Gasteiger charge is -2.19. The van der Waals surface area contributed by atoms with Crippen molar-refractivity contribution in [1.82, 2.24) is 4.98 Å². The molecule has 6 nitrogen and oxygen atoms in total. The highest BCUT2D eigenvalue weighted by atomic mass is 16.2. The van der Waals surface area contributed by atoms with Gasteiger partial charge in [0, 0.05) is 23.8 Å². The van der Waals surface area contributed by atoms with Gasteiger partial charge in [0.15, 0.2) is 0 Å². The lowest BCUT2D eigenvalue weighted by molar-refractivity contribution is 0.102. The van der Waals surface area contributed by atoms with Crippen molar-refractivity contribution < 1.29 is 9.59 Å². The molecule has 0 aliphatic carbocycles. The largest absolute Gasteiger partial charge is 0.322 e. The van der Waals surface area contributed by atoms with Crippen molar-refractivity contribution in [1.29, 1.82) is 5.26 Å². The van der Waals surface area contributed by atoms with Gasteiger partial charge in [0.05, 0.1) is 22.8 Å². The van der Waals surface area contributed by atoms with Crippen LogP contribution in [0, 0.1) is 11.3 Å². The van der Waals surface area contributed by atoms with Crippen LogP contribution in [0.2, 0.25) is 0 Å². The van der Waals surface area contributed by atoms with Crippen molar-refractivity contribution in [2.24, 2.45) is 0 Å². The standard InChI is InChI=1S/C24H22N4O2/c1-24(2,3)19-6-10-21(11-7-19)28-23(30)18-12-17(14-26-15-18)22(29)27-20-8-4-16(13-25)5-9-20/h4-12,14-15H,1-3H3,(H,27,29)(H,28,30). The summed E-state index contributed by atoms with van der Waals surface area (Å²) in [6.45, 7) is 6.38. The van der Waals surface area contributed by atoms with Gasteiger partial charge >= 0.3 is 0 Å². The molecule has 0 bridgehead atoms. The van der Waals surface area contributed by atoms with Gasteiger partial charge in [0.1, 0.15) is 0 Å². The minimum absolute atomic E-state index is 0.0308. The Morgan fingerprint density at radius 1 is 0.833 bits per heavy atom.